The Bertz CT molecular complexity index is 741. The zero-order valence-corrected chi connectivity index (χ0v) is 11.7. The molecule has 0 saturated carbocycles. The van der Waals surface area contributed by atoms with E-state index in [2.05, 4.69) is 10.3 Å². The zero-order valence-electron chi connectivity index (χ0n) is 10.9. The zero-order chi connectivity index (χ0) is 15.6. The van der Waals surface area contributed by atoms with Gasteiger partial charge in [-0.05, 0) is 11.6 Å². The molecule has 2 heterocycles. The number of nitrogens with zero attached hydrogens (tertiary/aromatic N) is 3. The van der Waals surface area contributed by atoms with Crippen molar-refractivity contribution in [2.24, 2.45) is 7.05 Å². The average molecular weight is 317 g/mol. The largest absolute Gasteiger partial charge is 0.319 e. The van der Waals surface area contributed by atoms with E-state index in [-0.39, 0.29) is 23.2 Å². The van der Waals surface area contributed by atoms with Crippen molar-refractivity contribution in [2.75, 3.05) is 12.0 Å². The Balaban J connectivity index is 2.29. The van der Waals surface area contributed by atoms with E-state index in [1.54, 1.807) is 0 Å². The molecule has 9 heteroatoms. The fourth-order valence-corrected chi connectivity index (χ4v) is 1.86. The molecule has 0 saturated heterocycles. The number of alkyl halides is 1. The van der Waals surface area contributed by atoms with Crippen molar-refractivity contribution >= 4 is 23.2 Å². The van der Waals surface area contributed by atoms with Gasteiger partial charge in [0.15, 0.2) is 5.82 Å². The van der Waals surface area contributed by atoms with Crippen LogP contribution in [0.5, 0.6) is 0 Å². The number of aryl methyl sites for hydroxylation is 1. The van der Waals surface area contributed by atoms with Crippen molar-refractivity contribution in [3.8, 4) is 0 Å². The first-order valence-corrected chi connectivity index (χ1v) is 6.26. The highest BCUT2D eigenvalue weighted by Crippen LogP contribution is 2.12. The molecule has 1 amide bonds. The Morgan fingerprint density at radius 2 is 2.24 bits per heavy atom. The van der Waals surface area contributed by atoms with E-state index in [0.29, 0.717) is 0 Å². The van der Waals surface area contributed by atoms with Crippen LogP contribution in [-0.4, -0.2) is 26.7 Å². The fraction of sp³-hybridized carbons (Fsp3) is 0.250. The number of nitrogens with one attached hydrogen (secondary N) is 1. The maximum atomic E-state index is 13.5. The fourth-order valence-electron chi connectivity index (χ4n) is 1.72. The van der Waals surface area contributed by atoms with Gasteiger partial charge in [0, 0.05) is 19.3 Å². The van der Waals surface area contributed by atoms with Gasteiger partial charge in [0.1, 0.15) is 12.4 Å². The summed E-state index contributed by atoms with van der Waals surface area (Å²) in [6.45, 7) is -1.12. The van der Waals surface area contributed by atoms with Crippen LogP contribution in [0.25, 0.3) is 0 Å². The first kappa shape index (κ1) is 15.2. The number of anilines is 1. The molecule has 0 aliphatic heterocycles. The number of imidazole rings is 1. The van der Waals surface area contributed by atoms with Crippen molar-refractivity contribution in [1.82, 2.24) is 14.1 Å². The molecule has 6 nitrogen and oxygen atoms in total. The van der Waals surface area contributed by atoms with Crippen LogP contribution in [0.1, 0.15) is 10.5 Å². The highest BCUT2D eigenvalue weighted by atomic mass is 35.5. The molecule has 2 rings (SSSR count). The van der Waals surface area contributed by atoms with Crippen molar-refractivity contribution in [3.63, 3.8) is 0 Å². The number of aromatic nitrogens is 3. The Morgan fingerprint density at radius 3 is 2.81 bits per heavy atom. The van der Waals surface area contributed by atoms with Gasteiger partial charge in [-0.15, -0.1) is 0 Å². The summed E-state index contributed by atoms with van der Waals surface area (Å²) in [5.41, 5.74) is -0.763. The second kappa shape index (κ2) is 6.04. The second-order valence-corrected chi connectivity index (χ2v) is 4.53. The Morgan fingerprint density at radius 1 is 1.52 bits per heavy atom. The van der Waals surface area contributed by atoms with E-state index in [9.17, 15) is 18.4 Å². The molecule has 21 heavy (non-hydrogen) atoms. The summed E-state index contributed by atoms with van der Waals surface area (Å²) in [4.78, 5) is 27.1. The summed E-state index contributed by atoms with van der Waals surface area (Å²) in [5, 5.41) is 2.52. The number of rotatable bonds is 4. The smallest absolute Gasteiger partial charge is 0.286 e. The molecular weight excluding hydrogens is 306 g/mol. The summed E-state index contributed by atoms with van der Waals surface area (Å²) in [6, 6.07) is 0.868. The minimum atomic E-state index is -1.08. The molecule has 0 atom stereocenters. The van der Waals surface area contributed by atoms with Gasteiger partial charge >= 0.3 is 0 Å². The van der Waals surface area contributed by atoms with Crippen molar-refractivity contribution in [3.05, 3.63) is 45.6 Å². The van der Waals surface area contributed by atoms with E-state index < -0.39 is 24.0 Å². The predicted octanol–water partition coefficient (Wildman–Crippen LogP) is 1.60. The van der Waals surface area contributed by atoms with Crippen LogP contribution in [0.15, 0.2) is 23.3 Å². The lowest BCUT2D eigenvalue weighted by Crippen LogP contribution is -2.25. The first-order valence-electron chi connectivity index (χ1n) is 5.88. The molecule has 2 aromatic rings. The van der Waals surface area contributed by atoms with Gasteiger partial charge in [-0.3, -0.25) is 9.59 Å². The van der Waals surface area contributed by atoms with Gasteiger partial charge in [0.05, 0.1) is 18.4 Å². The van der Waals surface area contributed by atoms with Crippen LogP contribution in [0.2, 0.25) is 5.28 Å². The number of amides is 1. The third-order valence-corrected chi connectivity index (χ3v) is 3.14. The van der Waals surface area contributed by atoms with E-state index in [4.69, 9.17) is 11.6 Å². The van der Waals surface area contributed by atoms with Crippen LogP contribution < -0.4 is 10.9 Å². The molecule has 0 fully saturated rings. The van der Waals surface area contributed by atoms with Gasteiger partial charge in [0.25, 0.3) is 11.5 Å². The van der Waals surface area contributed by atoms with Crippen LogP contribution in [0.4, 0.5) is 14.5 Å². The van der Waals surface area contributed by atoms with Gasteiger partial charge in [-0.25, -0.2) is 13.8 Å². The highest BCUT2D eigenvalue weighted by molar-refractivity contribution is 6.28. The summed E-state index contributed by atoms with van der Waals surface area (Å²) in [5.74, 6) is -1.66. The molecule has 0 aromatic carbocycles. The third kappa shape index (κ3) is 3.10. The maximum absolute atomic E-state index is 13.5. The van der Waals surface area contributed by atoms with E-state index in [0.717, 1.165) is 10.6 Å². The minimum absolute atomic E-state index is 0.0304. The number of halogens is 3. The lowest BCUT2D eigenvalue weighted by molar-refractivity contribution is 0.101. The van der Waals surface area contributed by atoms with Crippen molar-refractivity contribution in [2.45, 2.75) is 6.54 Å². The van der Waals surface area contributed by atoms with Gasteiger partial charge in [0.2, 0.25) is 5.28 Å². The first-order chi connectivity index (χ1) is 9.93. The number of hydrogen-bond donors (Lipinski definition) is 1. The number of hydrogen-bond acceptors (Lipinski definition) is 3. The van der Waals surface area contributed by atoms with Gasteiger partial charge in [-0.2, -0.15) is 0 Å². The van der Waals surface area contributed by atoms with Gasteiger partial charge < -0.3 is 14.5 Å². The Kier molecular flexibility index (Phi) is 4.37. The van der Waals surface area contributed by atoms with Crippen LogP contribution in [-0.2, 0) is 13.6 Å². The molecule has 0 aliphatic carbocycles. The number of carbonyl (C=O) groups excluding carboxylic acids is 1. The molecule has 112 valence electrons. The third-order valence-electron chi connectivity index (χ3n) is 2.79. The van der Waals surface area contributed by atoms with Crippen LogP contribution >= 0.6 is 11.6 Å². The topological polar surface area (TPSA) is 68.9 Å². The van der Waals surface area contributed by atoms with E-state index in [1.807, 2.05) is 0 Å². The summed E-state index contributed by atoms with van der Waals surface area (Å²) >= 11 is 5.71. The molecule has 0 aliphatic rings. The minimum Gasteiger partial charge on any atom is -0.319 e. The Hall–Kier alpha value is -2.22. The van der Waals surface area contributed by atoms with Gasteiger partial charge in [-0.1, -0.05) is 0 Å². The quantitative estimate of drug-likeness (QED) is 0.931. The summed E-state index contributed by atoms with van der Waals surface area (Å²) in [7, 11) is 1.54. The molecule has 2 aromatic heterocycles. The maximum Gasteiger partial charge on any atom is 0.286 e. The molecule has 0 unspecified atom stereocenters. The summed E-state index contributed by atoms with van der Waals surface area (Å²) < 4.78 is 27.9. The lowest BCUT2D eigenvalue weighted by Gasteiger charge is -2.09. The second-order valence-electron chi connectivity index (χ2n) is 4.19. The average Bonchev–Trinajstić information content (AvgIpc) is 2.76. The van der Waals surface area contributed by atoms with Crippen LogP contribution in [0.3, 0.4) is 0 Å². The lowest BCUT2D eigenvalue weighted by atomic mass is 10.3. The molecule has 0 bridgehead atoms. The van der Waals surface area contributed by atoms with E-state index in [1.165, 1.54) is 24.0 Å². The normalized spacial score (nSPS) is 10.7. The van der Waals surface area contributed by atoms with E-state index >= 15 is 0 Å². The molecule has 1 N–H and O–H groups in total. The number of carbonyl (C=O) groups is 1. The molecular formula is C12H11ClF2N4O2. The SMILES string of the molecule is Cn1c(C(=O)Nc2cc(F)c(=O)n(CCF)c2)cnc1Cl. The predicted molar refractivity (Wildman–Crippen MR) is 72.8 cm³/mol. The van der Waals surface area contributed by atoms with Crippen LogP contribution in [0, 0.1) is 5.82 Å². The Labute approximate surface area is 123 Å². The standard InChI is InChI=1S/C12H11ClF2N4O2/c1-18-9(5-16-12(18)13)10(20)17-7-4-8(15)11(21)19(6-7)3-2-14/h4-6H,2-3H2,1H3,(H,17,20). The van der Waals surface area contributed by atoms with Crippen molar-refractivity contribution in [1.29, 1.82) is 0 Å². The van der Waals surface area contributed by atoms with Crippen molar-refractivity contribution < 1.29 is 13.6 Å². The monoisotopic (exact) mass is 316 g/mol. The number of pyridine rings is 1. The molecule has 0 spiro atoms. The molecule has 0 radical (unpaired) electrons. The summed E-state index contributed by atoms with van der Waals surface area (Å²) in [6.07, 6.45) is 2.42. The highest BCUT2D eigenvalue weighted by Gasteiger charge is 2.14.